The van der Waals surface area contributed by atoms with Crippen molar-refractivity contribution in [2.75, 3.05) is 13.7 Å². The largest absolute Gasteiger partial charge is 0.496 e. The summed E-state index contributed by atoms with van der Waals surface area (Å²) in [6.45, 7) is 4.53. The maximum Gasteiger partial charge on any atom is 0.251 e. The monoisotopic (exact) mass is 328 g/mol. The molecule has 1 rings (SSSR count). The van der Waals surface area contributed by atoms with Gasteiger partial charge in [-0.3, -0.25) is 4.79 Å². The van der Waals surface area contributed by atoms with Gasteiger partial charge < -0.3 is 15.8 Å². The normalized spacial score (nSPS) is 11.2. The van der Waals surface area contributed by atoms with Gasteiger partial charge in [-0.25, -0.2) is 0 Å². The molecule has 0 spiro atoms. The van der Waals surface area contributed by atoms with Gasteiger partial charge in [0, 0.05) is 17.6 Å². The summed E-state index contributed by atoms with van der Waals surface area (Å²) in [7, 11) is 1.59. The van der Waals surface area contributed by atoms with E-state index >= 15 is 0 Å². The molecule has 0 atom stereocenters. The molecule has 3 N–H and O–H groups in total. The Labute approximate surface area is 122 Å². The Hall–Kier alpha value is -1.07. The number of carbonyl (C=O) groups excluding carboxylic acids is 1. The van der Waals surface area contributed by atoms with Crippen molar-refractivity contribution in [2.45, 2.75) is 32.2 Å². The van der Waals surface area contributed by atoms with E-state index in [-0.39, 0.29) is 11.4 Å². The van der Waals surface area contributed by atoms with Crippen LogP contribution in [0.2, 0.25) is 0 Å². The van der Waals surface area contributed by atoms with Crippen LogP contribution >= 0.6 is 15.9 Å². The molecule has 0 fully saturated rings. The van der Waals surface area contributed by atoms with E-state index in [1.165, 1.54) is 0 Å². The van der Waals surface area contributed by atoms with E-state index in [2.05, 4.69) is 21.2 Å². The molecule has 0 radical (unpaired) electrons. The number of hydrogen-bond donors (Lipinski definition) is 2. The zero-order valence-electron chi connectivity index (χ0n) is 11.6. The maximum atomic E-state index is 12.0. The Morgan fingerprint density at radius 3 is 2.53 bits per heavy atom. The van der Waals surface area contributed by atoms with Crippen LogP contribution in [0.25, 0.3) is 0 Å². The smallest absolute Gasteiger partial charge is 0.251 e. The van der Waals surface area contributed by atoms with E-state index in [1.807, 2.05) is 13.8 Å². The Kier molecular flexibility index (Phi) is 5.82. The molecule has 4 nitrogen and oxygen atoms in total. The lowest BCUT2D eigenvalue weighted by Gasteiger charge is -2.26. The molecule has 1 amide bonds. The molecule has 0 aliphatic heterocycles. The van der Waals surface area contributed by atoms with Gasteiger partial charge in [-0.15, -0.1) is 0 Å². The van der Waals surface area contributed by atoms with Gasteiger partial charge in [-0.05, 0) is 47.0 Å². The van der Waals surface area contributed by atoms with Gasteiger partial charge in [0.05, 0.1) is 11.6 Å². The molecule has 19 heavy (non-hydrogen) atoms. The topological polar surface area (TPSA) is 64.3 Å². The minimum Gasteiger partial charge on any atom is -0.496 e. The molecule has 0 aliphatic carbocycles. The lowest BCUT2D eigenvalue weighted by molar-refractivity contribution is 0.0942. The van der Waals surface area contributed by atoms with Crippen molar-refractivity contribution in [1.82, 2.24) is 5.32 Å². The quantitative estimate of drug-likeness (QED) is 0.843. The van der Waals surface area contributed by atoms with E-state index in [0.29, 0.717) is 17.9 Å². The summed E-state index contributed by atoms with van der Waals surface area (Å²) < 4.78 is 5.89. The van der Waals surface area contributed by atoms with Crippen LogP contribution in [-0.4, -0.2) is 25.1 Å². The summed E-state index contributed by atoms with van der Waals surface area (Å²) >= 11 is 3.36. The van der Waals surface area contributed by atoms with Crippen molar-refractivity contribution < 1.29 is 9.53 Å². The second kappa shape index (κ2) is 6.91. The second-order valence-electron chi connectivity index (χ2n) is 4.60. The zero-order chi connectivity index (χ0) is 14.5. The number of methoxy groups -OCH3 is 1. The average Bonchev–Trinajstić information content (AvgIpc) is 2.44. The minimum absolute atomic E-state index is 0.125. The molecule has 0 saturated heterocycles. The van der Waals surface area contributed by atoms with Gasteiger partial charge in [0.15, 0.2) is 0 Å². The third-order valence-corrected chi connectivity index (χ3v) is 4.04. The number of ether oxygens (including phenoxy) is 1. The highest BCUT2D eigenvalue weighted by atomic mass is 79.9. The minimum atomic E-state index is -0.334. The van der Waals surface area contributed by atoms with Crippen molar-refractivity contribution in [3.8, 4) is 5.75 Å². The van der Waals surface area contributed by atoms with Gasteiger partial charge in [0.25, 0.3) is 5.91 Å². The first-order chi connectivity index (χ1) is 8.95. The van der Waals surface area contributed by atoms with Crippen molar-refractivity contribution >= 4 is 21.8 Å². The van der Waals surface area contributed by atoms with E-state index in [9.17, 15) is 4.79 Å². The fourth-order valence-corrected chi connectivity index (χ4v) is 2.21. The number of rotatable bonds is 6. The third kappa shape index (κ3) is 4.21. The van der Waals surface area contributed by atoms with Crippen LogP contribution in [0.15, 0.2) is 22.7 Å². The standard InChI is InChI=1S/C14H21BrN2O2/c1-4-14(16,5-2)9-17-13(18)10-6-7-12(19-3)11(15)8-10/h6-8H,4-5,9,16H2,1-3H3,(H,17,18). The average molecular weight is 329 g/mol. The molecular formula is C14H21BrN2O2. The molecule has 0 unspecified atom stereocenters. The first kappa shape index (κ1) is 16.0. The molecule has 0 bridgehead atoms. The number of carbonyl (C=O) groups is 1. The maximum absolute atomic E-state index is 12.0. The Morgan fingerprint density at radius 2 is 2.05 bits per heavy atom. The van der Waals surface area contributed by atoms with E-state index < -0.39 is 0 Å². The second-order valence-corrected chi connectivity index (χ2v) is 5.46. The number of amides is 1. The van der Waals surface area contributed by atoms with Crippen molar-refractivity contribution in [3.63, 3.8) is 0 Å². The fraction of sp³-hybridized carbons (Fsp3) is 0.500. The summed E-state index contributed by atoms with van der Waals surface area (Å²) in [5.41, 5.74) is 6.41. The van der Waals surface area contributed by atoms with Crippen LogP contribution in [0.1, 0.15) is 37.0 Å². The first-order valence-corrected chi connectivity index (χ1v) is 7.15. The van der Waals surface area contributed by atoms with Crippen LogP contribution in [0, 0.1) is 0 Å². The number of hydrogen-bond acceptors (Lipinski definition) is 3. The summed E-state index contributed by atoms with van der Waals surface area (Å²) in [6.07, 6.45) is 1.66. The molecule has 5 heteroatoms. The molecule has 0 aromatic heterocycles. The SMILES string of the molecule is CCC(N)(CC)CNC(=O)c1ccc(OC)c(Br)c1. The number of nitrogens with two attached hydrogens (primary N) is 1. The lowest BCUT2D eigenvalue weighted by atomic mass is 9.94. The van der Waals surface area contributed by atoms with E-state index in [0.717, 1.165) is 17.3 Å². The molecule has 0 aliphatic rings. The highest BCUT2D eigenvalue weighted by molar-refractivity contribution is 9.10. The van der Waals surface area contributed by atoms with Crippen molar-refractivity contribution in [1.29, 1.82) is 0 Å². The molecular weight excluding hydrogens is 308 g/mol. The van der Waals surface area contributed by atoms with E-state index in [1.54, 1.807) is 25.3 Å². The van der Waals surface area contributed by atoms with Gasteiger partial charge in [-0.2, -0.15) is 0 Å². The highest BCUT2D eigenvalue weighted by Gasteiger charge is 2.21. The van der Waals surface area contributed by atoms with Crippen molar-refractivity contribution in [3.05, 3.63) is 28.2 Å². The van der Waals surface area contributed by atoms with Crippen LogP contribution in [0.4, 0.5) is 0 Å². The number of halogens is 1. The van der Waals surface area contributed by atoms with Crippen LogP contribution in [0.5, 0.6) is 5.75 Å². The summed E-state index contributed by atoms with van der Waals surface area (Å²) in [4.78, 5) is 12.0. The molecule has 1 aromatic rings. The molecule has 1 aromatic carbocycles. The van der Waals surface area contributed by atoms with E-state index in [4.69, 9.17) is 10.5 Å². The third-order valence-electron chi connectivity index (χ3n) is 3.42. The van der Waals surface area contributed by atoms with Gasteiger partial charge in [0.2, 0.25) is 0 Å². The van der Waals surface area contributed by atoms with Crippen LogP contribution in [-0.2, 0) is 0 Å². The Morgan fingerprint density at radius 1 is 1.42 bits per heavy atom. The van der Waals surface area contributed by atoms with Crippen molar-refractivity contribution in [2.24, 2.45) is 5.73 Å². The predicted molar refractivity (Wildman–Crippen MR) is 80.5 cm³/mol. The van der Waals surface area contributed by atoms with Gasteiger partial charge in [0.1, 0.15) is 5.75 Å². The lowest BCUT2D eigenvalue weighted by Crippen LogP contribution is -2.49. The summed E-state index contributed by atoms with van der Waals surface area (Å²) in [6, 6.07) is 5.23. The first-order valence-electron chi connectivity index (χ1n) is 6.36. The van der Waals surface area contributed by atoms with Crippen LogP contribution in [0.3, 0.4) is 0 Å². The zero-order valence-corrected chi connectivity index (χ0v) is 13.2. The predicted octanol–water partition coefficient (Wildman–Crippen LogP) is 2.71. The number of benzene rings is 1. The van der Waals surface area contributed by atoms with Gasteiger partial charge in [-0.1, -0.05) is 13.8 Å². The number of nitrogens with one attached hydrogen (secondary N) is 1. The van der Waals surface area contributed by atoms with Gasteiger partial charge >= 0.3 is 0 Å². The summed E-state index contributed by atoms with van der Waals surface area (Å²) in [5, 5.41) is 2.88. The highest BCUT2D eigenvalue weighted by Crippen LogP contribution is 2.25. The Balaban J connectivity index is 2.71. The fourth-order valence-electron chi connectivity index (χ4n) is 1.67. The Bertz CT molecular complexity index is 445. The molecule has 0 saturated carbocycles. The van der Waals surface area contributed by atoms with Crippen LogP contribution < -0.4 is 15.8 Å². The molecule has 0 heterocycles. The molecule has 106 valence electrons. The summed E-state index contributed by atoms with van der Waals surface area (Å²) in [5.74, 6) is 0.576.